The van der Waals surface area contributed by atoms with Gasteiger partial charge >= 0.3 is 12.1 Å². The monoisotopic (exact) mass is 480 g/mol. The van der Waals surface area contributed by atoms with Crippen molar-refractivity contribution in [1.29, 1.82) is 0 Å². The van der Waals surface area contributed by atoms with Crippen LogP contribution >= 0.6 is 0 Å². The number of halogens is 3. The Bertz CT molecular complexity index is 1380. The van der Waals surface area contributed by atoms with Crippen LogP contribution in [0.2, 0.25) is 0 Å². The average molecular weight is 480 g/mol. The van der Waals surface area contributed by atoms with Crippen molar-refractivity contribution in [3.63, 3.8) is 0 Å². The van der Waals surface area contributed by atoms with Gasteiger partial charge in [0.15, 0.2) is 5.76 Å². The maximum Gasteiger partial charge on any atom is 0.418 e. The van der Waals surface area contributed by atoms with Crippen LogP contribution in [0.1, 0.15) is 35.0 Å². The van der Waals surface area contributed by atoms with E-state index in [4.69, 9.17) is 4.74 Å². The predicted octanol–water partition coefficient (Wildman–Crippen LogP) is 6.48. The standard InChI is InChI=1S/C27H23F3N2O3/c1-16-13-20(18(3)32(16)23-12-8-7-11-21(23)27(28,29)30)14-22-25(33)24(17(2)31-22)26(34)35-15-19-9-5-4-6-10-19/h4-14,33H,15H2,1-3H3/b22-14+. The number of rotatable bonds is 5. The Morgan fingerprint density at radius 2 is 1.71 bits per heavy atom. The number of carbonyl (C=O) groups excluding carboxylic acids is 1. The van der Waals surface area contributed by atoms with Gasteiger partial charge in [-0.3, -0.25) is 0 Å². The van der Waals surface area contributed by atoms with Crippen molar-refractivity contribution in [2.45, 2.75) is 33.6 Å². The SMILES string of the molecule is CC1=N/C(=C/c2cc(C)n(-c3ccccc3C(F)(F)F)c2C)C(O)=C1C(=O)OCc1ccccc1. The number of alkyl halides is 3. The smallest absolute Gasteiger partial charge is 0.418 e. The van der Waals surface area contributed by atoms with Gasteiger partial charge in [0.05, 0.1) is 17.0 Å². The summed E-state index contributed by atoms with van der Waals surface area (Å²) in [5, 5.41) is 10.7. The van der Waals surface area contributed by atoms with Crippen LogP contribution in [0.5, 0.6) is 0 Å². The van der Waals surface area contributed by atoms with Crippen LogP contribution in [0.15, 0.2) is 82.7 Å². The number of esters is 1. The first kappa shape index (κ1) is 24.1. The first-order chi connectivity index (χ1) is 16.6. The topological polar surface area (TPSA) is 63.8 Å². The van der Waals surface area contributed by atoms with Gasteiger partial charge in [-0.05, 0) is 56.2 Å². The molecule has 0 saturated heterocycles. The molecule has 0 fully saturated rings. The maximum absolute atomic E-state index is 13.6. The van der Waals surface area contributed by atoms with Crippen molar-refractivity contribution in [3.05, 3.63) is 106 Å². The van der Waals surface area contributed by atoms with Gasteiger partial charge < -0.3 is 14.4 Å². The van der Waals surface area contributed by atoms with Crippen LogP contribution < -0.4 is 0 Å². The molecule has 35 heavy (non-hydrogen) atoms. The van der Waals surface area contributed by atoms with Crippen LogP contribution in [-0.4, -0.2) is 21.4 Å². The molecule has 0 aliphatic carbocycles. The van der Waals surface area contributed by atoms with Crippen LogP contribution in [0.4, 0.5) is 13.2 Å². The second-order valence-electron chi connectivity index (χ2n) is 8.19. The fraction of sp³-hybridized carbons (Fsp3) is 0.185. The van der Waals surface area contributed by atoms with E-state index in [-0.39, 0.29) is 29.3 Å². The van der Waals surface area contributed by atoms with Gasteiger partial charge in [-0.25, -0.2) is 9.79 Å². The molecule has 0 amide bonds. The maximum atomic E-state index is 13.6. The largest absolute Gasteiger partial charge is 0.505 e. The van der Waals surface area contributed by atoms with E-state index in [9.17, 15) is 23.1 Å². The summed E-state index contributed by atoms with van der Waals surface area (Å²) in [4.78, 5) is 16.9. The summed E-state index contributed by atoms with van der Waals surface area (Å²) >= 11 is 0. The zero-order chi connectivity index (χ0) is 25.3. The highest BCUT2D eigenvalue weighted by Gasteiger charge is 2.34. The third-order valence-corrected chi connectivity index (χ3v) is 5.76. The van der Waals surface area contributed by atoms with E-state index in [1.807, 2.05) is 30.3 Å². The molecule has 1 aliphatic rings. The fourth-order valence-electron chi connectivity index (χ4n) is 4.09. The number of aryl methyl sites for hydroxylation is 1. The number of aromatic nitrogens is 1. The number of aliphatic imine (C=N–C) groups is 1. The second kappa shape index (κ2) is 9.29. The number of benzene rings is 2. The molecule has 0 saturated carbocycles. The Labute approximate surface area is 200 Å². The molecule has 0 atom stereocenters. The van der Waals surface area contributed by atoms with E-state index in [0.717, 1.165) is 11.6 Å². The van der Waals surface area contributed by atoms with Gasteiger partial charge in [-0.1, -0.05) is 42.5 Å². The van der Waals surface area contributed by atoms with Crippen LogP contribution in [0, 0.1) is 13.8 Å². The summed E-state index contributed by atoms with van der Waals surface area (Å²) in [7, 11) is 0. The lowest BCUT2D eigenvalue weighted by molar-refractivity contribution is -0.140. The molecule has 8 heteroatoms. The molecule has 2 aromatic carbocycles. The third-order valence-electron chi connectivity index (χ3n) is 5.76. The van der Waals surface area contributed by atoms with Crippen LogP contribution in [0.25, 0.3) is 11.8 Å². The summed E-state index contributed by atoms with van der Waals surface area (Å²) in [5.74, 6) is -1.04. The second-order valence-corrected chi connectivity index (χ2v) is 8.19. The van der Waals surface area contributed by atoms with Gasteiger partial charge in [0, 0.05) is 11.4 Å². The summed E-state index contributed by atoms with van der Waals surface area (Å²) < 4.78 is 47.6. The Morgan fingerprint density at radius 1 is 1.06 bits per heavy atom. The minimum atomic E-state index is -4.51. The van der Waals surface area contributed by atoms with Crippen LogP contribution in [0.3, 0.4) is 0 Å². The van der Waals surface area contributed by atoms with E-state index in [0.29, 0.717) is 22.7 Å². The number of carbonyl (C=O) groups is 1. The van der Waals surface area contributed by atoms with Crippen molar-refractivity contribution < 1.29 is 27.8 Å². The van der Waals surface area contributed by atoms with Crippen molar-refractivity contribution in [3.8, 4) is 5.69 Å². The molecule has 4 rings (SSSR count). The van der Waals surface area contributed by atoms with Gasteiger partial charge in [0.1, 0.15) is 17.9 Å². The van der Waals surface area contributed by atoms with Gasteiger partial charge in [-0.15, -0.1) is 0 Å². The van der Waals surface area contributed by atoms with Crippen molar-refractivity contribution >= 4 is 17.8 Å². The Balaban J connectivity index is 1.66. The van der Waals surface area contributed by atoms with E-state index >= 15 is 0 Å². The van der Waals surface area contributed by atoms with E-state index < -0.39 is 17.7 Å². The number of ether oxygens (including phenoxy) is 1. The summed E-state index contributed by atoms with van der Waals surface area (Å²) in [6, 6.07) is 16.2. The number of hydrogen-bond donors (Lipinski definition) is 1. The lowest BCUT2D eigenvalue weighted by atomic mass is 10.1. The lowest BCUT2D eigenvalue weighted by Crippen LogP contribution is -2.13. The summed E-state index contributed by atoms with van der Waals surface area (Å²) in [6.07, 6.45) is -2.97. The van der Waals surface area contributed by atoms with E-state index in [1.165, 1.54) is 16.7 Å². The molecule has 5 nitrogen and oxygen atoms in total. The predicted molar refractivity (Wildman–Crippen MR) is 127 cm³/mol. The first-order valence-corrected chi connectivity index (χ1v) is 10.9. The number of hydrogen-bond acceptors (Lipinski definition) is 4. The molecule has 1 aromatic heterocycles. The highest BCUT2D eigenvalue weighted by atomic mass is 19.4. The Morgan fingerprint density at radius 3 is 2.40 bits per heavy atom. The first-order valence-electron chi connectivity index (χ1n) is 10.9. The lowest BCUT2D eigenvalue weighted by Gasteiger charge is -2.16. The molecule has 180 valence electrons. The summed E-state index contributed by atoms with van der Waals surface area (Å²) in [5.41, 5.74) is 2.14. The van der Waals surface area contributed by atoms with Gasteiger partial charge in [0.2, 0.25) is 0 Å². The highest BCUT2D eigenvalue weighted by Crippen LogP contribution is 2.36. The zero-order valence-corrected chi connectivity index (χ0v) is 19.3. The summed E-state index contributed by atoms with van der Waals surface area (Å²) in [6.45, 7) is 5.02. The Kier molecular flexibility index (Phi) is 6.39. The number of aliphatic hydroxyl groups is 1. The minimum Gasteiger partial charge on any atom is -0.505 e. The molecule has 0 spiro atoms. The van der Waals surface area contributed by atoms with Crippen LogP contribution in [-0.2, 0) is 22.3 Å². The minimum absolute atomic E-state index is 0.00990. The molecule has 2 heterocycles. The van der Waals surface area contributed by atoms with Gasteiger partial charge in [0.25, 0.3) is 0 Å². The zero-order valence-electron chi connectivity index (χ0n) is 19.3. The number of nitrogens with zero attached hydrogens (tertiary/aromatic N) is 2. The molecule has 0 unspecified atom stereocenters. The molecule has 0 bridgehead atoms. The molecule has 1 aliphatic heterocycles. The number of aliphatic hydroxyl groups excluding tert-OH is 1. The Hall–Kier alpha value is -4.07. The molecule has 1 N–H and O–H groups in total. The van der Waals surface area contributed by atoms with E-state index in [2.05, 4.69) is 4.99 Å². The molecular weight excluding hydrogens is 457 g/mol. The van der Waals surface area contributed by atoms with Crippen molar-refractivity contribution in [1.82, 2.24) is 4.57 Å². The average Bonchev–Trinajstić information content (AvgIpc) is 3.25. The highest BCUT2D eigenvalue weighted by molar-refractivity contribution is 6.22. The fourth-order valence-corrected chi connectivity index (χ4v) is 4.09. The third kappa shape index (κ3) is 4.77. The van der Waals surface area contributed by atoms with E-state index in [1.54, 1.807) is 39.0 Å². The number of para-hydroxylation sites is 1. The van der Waals surface area contributed by atoms with Gasteiger partial charge in [-0.2, -0.15) is 13.2 Å². The molecule has 3 aromatic rings. The molecular formula is C27H23F3N2O3. The van der Waals surface area contributed by atoms with Crippen molar-refractivity contribution in [2.75, 3.05) is 0 Å². The van der Waals surface area contributed by atoms with Crippen molar-refractivity contribution in [2.24, 2.45) is 4.99 Å². The molecule has 0 radical (unpaired) electrons. The normalized spacial score (nSPS) is 15.0. The quantitative estimate of drug-likeness (QED) is 0.425.